The molecular formula is C12H13F3O5. The Labute approximate surface area is 112 Å². The van der Waals surface area contributed by atoms with Crippen LogP contribution in [0.15, 0.2) is 18.2 Å². The average molecular weight is 294 g/mol. The molecule has 0 aromatic heterocycles. The van der Waals surface area contributed by atoms with Crippen molar-refractivity contribution in [3.05, 3.63) is 23.8 Å². The van der Waals surface area contributed by atoms with Crippen LogP contribution in [-0.4, -0.2) is 38.1 Å². The summed E-state index contributed by atoms with van der Waals surface area (Å²) >= 11 is 0. The number of carboxylic acid groups (broad SMARTS) is 1. The number of ether oxygens (including phenoxy) is 3. The zero-order valence-corrected chi connectivity index (χ0v) is 10.7. The van der Waals surface area contributed by atoms with Crippen molar-refractivity contribution >= 4 is 5.97 Å². The van der Waals surface area contributed by atoms with Gasteiger partial charge in [0.15, 0.2) is 17.6 Å². The van der Waals surface area contributed by atoms with Crippen molar-refractivity contribution < 1.29 is 37.3 Å². The fraction of sp³-hybridized carbons (Fsp3) is 0.417. The van der Waals surface area contributed by atoms with Crippen molar-refractivity contribution in [3.8, 4) is 11.5 Å². The molecule has 0 fully saturated rings. The molecular weight excluding hydrogens is 281 g/mol. The molecule has 0 aliphatic heterocycles. The van der Waals surface area contributed by atoms with Crippen LogP contribution in [0.2, 0.25) is 0 Å². The Balaban J connectivity index is 3.23. The first-order chi connectivity index (χ1) is 9.31. The molecule has 0 aliphatic rings. The Bertz CT molecular complexity index is 473. The summed E-state index contributed by atoms with van der Waals surface area (Å²) in [6, 6.07) is 3.90. The van der Waals surface area contributed by atoms with E-state index < -0.39 is 24.9 Å². The van der Waals surface area contributed by atoms with E-state index in [0.29, 0.717) is 0 Å². The first-order valence-electron chi connectivity index (χ1n) is 5.42. The van der Waals surface area contributed by atoms with Crippen LogP contribution in [0.25, 0.3) is 0 Å². The van der Waals surface area contributed by atoms with Gasteiger partial charge in [-0.05, 0) is 6.07 Å². The summed E-state index contributed by atoms with van der Waals surface area (Å²) < 4.78 is 53.2. The van der Waals surface area contributed by atoms with Crippen molar-refractivity contribution in [3.63, 3.8) is 0 Å². The lowest BCUT2D eigenvalue weighted by atomic mass is 10.1. The molecule has 1 N–H and O–H groups in total. The first kappa shape index (κ1) is 16.1. The van der Waals surface area contributed by atoms with Crippen LogP contribution in [0.1, 0.15) is 11.7 Å². The van der Waals surface area contributed by atoms with Crippen molar-refractivity contribution in [2.24, 2.45) is 0 Å². The molecule has 8 heteroatoms. The van der Waals surface area contributed by atoms with Crippen molar-refractivity contribution in [2.75, 3.05) is 20.8 Å². The van der Waals surface area contributed by atoms with E-state index in [1.54, 1.807) is 0 Å². The third-order valence-corrected chi connectivity index (χ3v) is 2.39. The lowest BCUT2D eigenvalue weighted by molar-refractivity contribution is -0.225. The average Bonchev–Trinajstić information content (AvgIpc) is 2.36. The lowest BCUT2D eigenvalue weighted by Gasteiger charge is -2.23. The van der Waals surface area contributed by atoms with Crippen LogP contribution in [0.3, 0.4) is 0 Å². The number of benzene rings is 1. The number of hydrogen-bond donors (Lipinski definition) is 1. The lowest BCUT2D eigenvalue weighted by Crippen LogP contribution is -2.26. The van der Waals surface area contributed by atoms with Crippen LogP contribution >= 0.6 is 0 Å². The summed E-state index contributed by atoms with van der Waals surface area (Å²) in [7, 11) is 2.47. The van der Waals surface area contributed by atoms with E-state index in [4.69, 9.17) is 14.6 Å². The maximum Gasteiger partial charge on any atom is 0.419 e. The van der Waals surface area contributed by atoms with Crippen LogP contribution < -0.4 is 9.47 Å². The van der Waals surface area contributed by atoms with Crippen LogP contribution in [0.5, 0.6) is 11.5 Å². The number of alkyl halides is 3. The number of carbonyl (C=O) groups is 1. The normalized spacial score (nSPS) is 12.8. The van der Waals surface area contributed by atoms with Gasteiger partial charge in [0.2, 0.25) is 0 Å². The molecule has 1 atom stereocenters. The summed E-state index contributed by atoms with van der Waals surface area (Å²) in [6.07, 6.45) is -7.20. The van der Waals surface area contributed by atoms with E-state index in [1.807, 2.05) is 0 Å². The summed E-state index contributed by atoms with van der Waals surface area (Å²) in [6.45, 7) is -1.08. The number of halogens is 3. The maximum atomic E-state index is 13.0. The van der Waals surface area contributed by atoms with Gasteiger partial charge in [-0.3, -0.25) is 0 Å². The van der Waals surface area contributed by atoms with E-state index >= 15 is 0 Å². The van der Waals surface area contributed by atoms with Gasteiger partial charge < -0.3 is 19.3 Å². The molecule has 0 spiro atoms. The molecule has 112 valence electrons. The van der Waals surface area contributed by atoms with Gasteiger partial charge in [-0.15, -0.1) is 0 Å². The quantitative estimate of drug-likeness (QED) is 0.872. The Hall–Kier alpha value is -1.96. The second-order valence-corrected chi connectivity index (χ2v) is 3.71. The van der Waals surface area contributed by atoms with Crippen molar-refractivity contribution in [2.45, 2.75) is 12.3 Å². The first-order valence-corrected chi connectivity index (χ1v) is 5.42. The molecule has 5 nitrogen and oxygen atoms in total. The zero-order chi connectivity index (χ0) is 15.3. The molecule has 0 unspecified atom stereocenters. The summed E-state index contributed by atoms with van der Waals surface area (Å²) in [5.41, 5.74) is -0.347. The third kappa shape index (κ3) is 3.77. The molecule has 0 aliphatic carbocycles. The monoisotopic (exact) mass is 294 g/mol. The van der Waals surface area contributed by atoms with Gasteiger partial charge in [0.1, 0.15) is 6.61 Å². The minimum Gasteiger partial charge on any atom is -0.493 e. The SMILES string of the molecule is COc1cccc([C@H](OCC(=O)O)C(F)(F)F)c1OC. The smallest absolute Gasteiger partial charge is 0.419 e. The topological polar surface area (TPSA) is 65.0 Å². The largest absolute Gasteiger partial charge is 0.493 e. The van der Waals surface area contributed by atoms with Crippen LogP contribution in [0, 0.1) is 0 Å². The van der Waals surface area contributed by atoms with E-state index in [2.05, 4.69) is 4.74 Å². The third-order valence-electron chi connectivity index (χ3n) is 2.39. The number of carboxylic acids is 1. The maximum absolute atomic E-state index is 13.0. The number of methoxy groups -OCH3 is 2. The molecule has 1 aromatic carbocycles. The molecule has 1 aromatic rings. The van der Waals surface area contributed by atoms with Crippen LogP contribution in [-0.2, 0) is 9.53 Å². The highest BCUT2D eigenvalue weighted by atomic mass is 19.4. The molecule has 1 rings (SSSR count). The molecule has 0 saturated carbocycles. The number of aliphatic carboxylic acids is 1. The highest BCUT2D eigenvalue weighted by Gasteiger charge is 2.44. The van der Waals surface area contributed by atoms with E-state index in [0.717, 1.165) is 6.07 Å². The van der Waals surface area contributed by atoms with Gasteiger partial charge in [0.25, 0.3) is 0 Å². The van der Waals surface area contributed by atoms with E-state index in [9.17, 15) is 18.0 Å². The van der Waals surface area contributed by atoms with Crippen molar-refractivity contribution in [1.29, 1.82) is 0 Å². The summed E-state index contributed by atoms with van der Waals surface area (Å²) in [5.74, 6) is -1.55. The Morgan fingerprint density at radius 1 is 1.30 bits per heavy atom. The Kier molecular flexibility index (Phi) is 5.20. The number of rotatable bonds is 6. The highest BCUT2D eigenvalue weighted by molar-refractivity contribution is 5.68. The fourth-order valence-electron chi connectivity index (χ4n) is 1.63. The summed E-state index contributed by atoms with van der Waals surface area (Å²) in [4.78, 5) is 10.4. The Morgan fingerprint density at radius 2 is 1.95 bits per heavy atom. The molecule has 0 heterocycles. The number of hydrogen-bond acceptors (Lipinski definition) is 4. The second kappa shape index (κ2) is 6.47. The van der Waals surface area contributed by atoms with E-state index in [1.165, 1.54) is 26.4 Å². The van der Waals surface area contributed by atoms with Gasteiger partial charge in [-0.1, -0.05) is 12.1 Å². The fourth-order valence-corrected chi connectivity index (χ4v) is 1.63. The predicted octanol–water partition coefficient (Wildman–Crippen LogP) is 2.41. The summed E-state index contributed by atoms with van der Waals surface area (Å²) in [5, 5.41) is 8.45. The molecule has 20 heavy (non-hydrogen) atoms. The van der Waals surface area contributed by atoms with Crippen LogP contribution in [0.4, 0.5) is 13.2 Å². The van der Waals surface area contributed by atoms with E-state index in [-0.39, 0.29) is 17.1 Å². The number of para-hydroxylation sites is 1. The molecule has 0 bridgehead atoms. The van der Waals surface area contributed by atoms with Gasteiger partial charge in [0.05, 0.1) is 14.2 Å². The van der Waals surface area contributed by atoms with Crippen molar-refractivity contribution in [1.82, 2.24) is 0 Å². The molecule has 0 saturated heterocycles. The molecule has 0 radical (unpaired) electrons. The van der Waals surface area contributed by atoms with Gasteiger partial charge in [-0.25, -0.2) is 4.79 Å². The second-order valence-electron chi connectivity index (χ2n) is 3.71. The minimum absolute atomic E-state index is 0.0955. The highest BCUT2D eigenvalue weighted by Crippen LogP contribution is 2.43. The standard InChI is InChI=1S/C12H13F3O5/c1-18-8-5-3-4-7(10(8)19-2)11(12(13,14)15)20-6-9(16)17/h3-5,11H,6H2,1-2H3,(H,16,17)/t11-/m0/s1. The van der Waals surface area contributed by atoms with Gasteiger partial charge in [0, 0.05) is 5.56 Å². The predicted molar refractivity (Wildman–Crippen MR) is 61.9 cm³/mol. The minimum atomic E-state index is -4.78. The van der Waals surface area contributed by atoms with Gasteiger partial charge in [-0.2, -0.15) is 13.2 Å². The zero-order valence-electron chi connectivity index (χ0n) is 10.7. The van der Waals surface area contributed by atoms with Gasteiger partial charge >= 0.3 is 12.1 Å². The molecule has 0 amide bonds. The Morgan fingerprint density at radius 3 is 2.40 bits per heavy atom.